The average molecular weight is 672 g/mol. The molecule has 2 aromatic heterocycles. The number of amides is 1. The molecule has 2 saturated heterocycles. The Bertz CT molecular complexity index is 1490. The first-order valence-corrected chi connectivity index (χ1v) is 18.9. The number of carbonyl (C=O) groups excluding carboxylic acids is 1. The molecule has 4 heterocycles. The number of morpholine rings is 1. The molecule has 3 aliphatic rings. The van der Waals surface area contributed by atoms with Crippen molar-refractivity contribution in [3.63, 3.8) is 0 Å². The third kappa shape index (κ3) is 8.19. The van der Waals surface area contributed by atoms with Gasteiger partial charge in [-0.25, -0.2) is 4.98 Å². The molecular weight excluding hydrogens is 623 g/mol. The zero-order chi connectivity index (χ0) is 31.9. The SMILES string of the molecule is O=C(c1csc(C2CCC2)n1)N1CCOC2(CCN(CCCCCCCCCNC[C@H](O)c3ccc(O)c4[nH]c(=O)sc34)CC2)C1. The van der Waals surface area contributed by atoms with E-state index in [1.165, 1.54) is 63.9 Å². The van der Waals surface area contributed by atoms with Crippen LogP contribution in [0.5, 0.6) is 5.75 Å². The lowest BCUT2D eigenvalue weighted by atomic mass is 9.86. The van der Waals surface area contributed by atoms with Crippen LogP contribution in [0, 0.1) is 0 Å². The summed E-state index contributed by atoms with van der Waals surface area (Å²) in [6, 6.07) is 3.21. The summed E-state index contributed by atoms with van der Waals surface area (Å²) in [5.41, 5.74) is 1.49. The predicted molar refractivity (Wildman–Crippen MR) is 183 cm³/mol. The van der Waals surface area contributed by atoms with Crippen molar-refractivity contribution in [2.75, 3.05) is 52.4 Å². The molecule has 1 atom stereocenters. The zero-order valence-corrected chi connectivity index (χ0v) is 28.4. The molecule has 12 heteroatoms. The van der Waals surface area contributed by atoms with Gasteiger partial charge in [-0.3, -0.25) is 9.59 Å². The van der Waals surface area contributed by atoms with Gasteiger partial charge >= 0.3 is 4.87 Å². The second-order valence-corrected chi connectivity index (χ2v) is 15.3. The lowest BCUT2D eigenvalue weighted by Crippen LogP contribution is -2.58. The molecule has 0 bridgehead atoms. The van der Waals surface area contributed by atoms with E-state index >= 15 is 0 Å². The number of aromatic amines is 1. The van der Waals surface area contributed by atoms with Crippen LogP contribution in [-0.2, 0) is 4.74 Å². The van der Waals surface area contributed by atoms with Gasteiger partial charge in [0.2, 0.25) is 0 Å². The van der Waals surface area contributed by atoms with Gasteiger partial charge in [0.25, 0.3) is 5.91 Å². The van der Waals surface area contributed by atoms with Gasteiger partial charge in [0, 0.05) is 43.0 Å². The van der Waals surface area contributed by atoms with E-state index in [1.54, 1.807) is 17.4 Å². The number of phenols is 1. The molecule has 1 saturated carbocycles. The van der Waals surface area contributed by atoms with Crippen molar-refractivity contribution in [1.29, 1.82) is 0 Å². The minimum Gasteiger partial charge on any atom is -0.506 e. The topological polar surface area (TPSA) is 131 Å². The molecule has 0 unspecified atom stereocenters. The fraction of sp³-hybridized carbons (Fsp3) is 0.676. The van der Waals surface area contributed by atoms with Crippen LogP contribution in [0.3, 0.4) is 0 Å². The highest BCUT2D eigenvalue weighted by Gasteiger charge is 2.41. The van der Waals surface area contributed by atoms with Gasteiger partial charge in [-0.15, -0.1) is 11.3 Å². The van der Waals surface area contributed by atoms with Gasteiger partial charge in [-0.1, -0.05) is 55.9 Å². The lowest BCUT2D eigenvalue weighted by molar-refractivity contribution is -0.127. The van der Waals surface area contributed by atoms with Gasteiger partial charge in [0.15, 0.2) is 0 Å². The number of aromatic hydroxyl groups is 1. The van der Waals surface area contributed by atoms with Crippen LogP contribution >= 0.6 is 22.7 Å². The molecule has 2 aliphatic heterocycles. The highest BCUT2D eigenvalue weighted by molar-refractivity contribution is 7.16. The normalized spacial score (nSPS) is 19.5. The predicted octanol–water partition coefficient (Wildman–Crippen LogP) is 5.38. The Balaban J connectivity index is 0.793. The van der Waals surface area contributed by atoms with Crippen molar-refractivity contribution in [2.24, 2.45) is 0 Å². The largest absolute Gasteiger partial charge is 0.506 e. The van der Waals surface area contributed by atoms with Gasteiger partial charge in [0.1, 0.15) is 17.0 Å². The number of hydrogen-bond acceptors (Lipinski definition) is 10. The molecule has 3 aromatic rings. The third-order valence-electron chi connectivity index (χ3n) is 10.1. The summed E-state index contributed by atoms with van der Waals surface area (Å²) in [6.07, 6.45) is 13.4. The van der Waals surface area contributed by atoms with Crippen LogP contribution in [0.1, 0.15) is 110 Å². The van der Waals surface area contributed by atoms with Crippen LogP contribution in [0.15, 0.2) is 22.3 Å². The second-order valence-electron chi connectivity index (χ2n) is 13.4. The summed E-state index contributed by atoms with van der Waals surface area (Å²) in [6.45, 7) is 6.44. The zero-order valence-electron chi connectivity index (χ0n) is 26.8. The average Bonchev–Trinajstić information content (AvgIpc) is 3.67. The first kappa shape index (κ1) is 33.5. The molecule has 10 nitrogen and oxygen atoms in total. The van der Waals surface area contributed by atoms with Gasteiger partial charge in [-0.2, -0.15) is 0 Å². The number of aliphatic hydroxyl groups excluding tert-OH is 1. The second kappa shape index (κ2) is 15.7. The number of carbonyl (C=O) groups is 1. The van der Waals surface area contributed by atoms with Crippen molar-refractivity contribution in [1.82, 2.24) is 25.1 Å². The first-order valence-electron chi connectivity index (χ1n) is 17.3. The molecule has 1 amide bonds. The first-order chi connectivity index (χ1) is 22.4. The maximum Gasteiger partial charge on any atom is 0.305 e. The standard InChI is InChI=1S/C34H49N5O5S2/c40-27-12-11-25(30-29(27)37-33(43)46-30)28(41)21-35-15-6-4-2-1-3-5-7-16-38-17-13-34(14-18-38)23-39(19-20-44-34)32(42)26-22-45-31(36-26)24-9-8-10-24/h11-12,22,24,28,35,40-41H,1-10,13-21,23H2,(H,37,43)/t28-/m0/s1. The quantitative estimate of drug-likeness (QED) is 0.159. The van der Waals surface area contributed by atoms with Gasteiger partial charge in [0.05, 0.1) is 34.6 Å². The number of ether oxygens (including phenoxy) is 1. The van der Waals surface area contributed by atoms with Crippen LogP contribution in [-0.4, -0.2) is 93.9 Å². The maximum atomic E-state index is 13.2. The van der Waals surface area contributed by atoms with Crippen LogP contribution < -0.4 is 10.2 Å². The number of H-pyrrole nitrogens is 1. The Hall–Kier alpha value is -2.35. The summed E-state index contributed by atoms with van der Waals surface area (Å²) >= 11 is 2.67. The number of aliphatic hydroxyl groups is 1. The Labute approximate surface area is 279 Å². The highest BCUT2D eigenvalue weighted by atomic mass is 32.1. The fourth-order valence-electron chi connectivity index (χ4n) is 7.02. The molecule has 1 aromatic carbocycles. The van der Waals surface area contributed by atoms with Gasteiger partial charge in [-0.05, 0) is 57.7 Å². The number of phenolic OH excluding ortho intramolecular Hbond substituents is 1. The number of rotatable bonds is 15. The monoisotopic (exact) mass is 671 g/mol. The van der Waals surface area contributed by atoms with E-state index in [9.17, 15) is 19.8 Å². The summed E-state index contributed by atoms with van der Waals surface area (Å²) in [4.78, 5) is 36.6. The molecule has 0 radical (unpaired) electrons. The summed E-state index contributed by atoms with van der Waals surface area (Å²) < 4.78 is 6.94. The third-order valence-corrected chi connectivity index (χ3v) is 12.0. The van der Waals surface area contributed by atoms with Crippen LogP contribution in [0.4, 0.5) is 0 Å². The van der Waals surface area contributed by atoms with Crippen LogP contribution in [0.25, 0.3) is 10.2 Å². The summed E-state index contributed by atoms with van der Waals surface area (Å²) in [5, 5.41) is 27.0. The van der Waals surface area contributed by atoms with E-state index in [0.717, 1.165) is 61.8 Å². The van der Waals surface area contributed by atoms with Crippen molar-refractivity contribution in [2.45, 2.75) is 94.7 Å². The van der Waals surface area contributed by atoms with E-state index < -0.39 is 6.10 Å². The maximum absolute atomic E-state index is 13.2. The number of nitrogens with one attached hydrogen (secondary N) is 2. The highest BCUT2D eigenvalue weighted by Crippen LogP contribution is 2.38. The smallest absolute Gasteiger partial charge is 0.305 e. The lowest BCUT2D eigenvalue weighted by Gasteiger charge is -2.47. The fourth-order valence-corrected chi connectivity index (χ4v) is 8.90. The Morgan fingerprint density at radius 3 is 2.63 bits per heavy atom. The molecule has 1 spiro atoms. The number of unbranched alkanes of at least 4 members (excludes halogenated alkanes) is 6. The molecule has 1 aliphatic carbocycles. The van der Waals surface area contributed by atoms with Crippen molar-refractivity contribution in [3.8, 4) is 5.75 Å². The van der Waals surface area contributed by atoms with E-state index in [-0.39, 0.29) is 22.1 Å². The molecule has 46 heavy (non-hydrogen) atoms. The van der Waals surface area contributed by atoms with E-state index in [4.69, 9.17) is 9.72 Å². The number of benzene rings is 1. The molecular formula is C34H49N5O5S2. The van der Waals surface area contributed by atoms with E-state index in [2.05, 4.69) is 15.2 Å². The number of thiazole rings is 2. The number of hydrogen-bond donors (Lipinski definition) is 4. The Kier molecular flexibility index (Phi) is 11.4. The van der Waals surface area contributed by atoms with Crippen molar-refractivity contribution >= 4 is 38.8 Å². The molecule has 6 rings (SSSR count). The Morgan fingerprint density at radius 2 is 1.87 bits per heavy atom. The summed E-state index contributed by atoms with van der Waals surface area (Å²) in [5.74, 6) is 0.673. The number of fused-ring (bicyclic) bond motifs is 1. The number of likely N-dealkylation sites (tertiary alicyclic amines) is 1. The van der Waals surface area contributed by atoms with E-state index in [1.807, 2.05) is 10.3 Å². The number of aromatic nitrogens is 2. The number of piperidine rings is 1. The molecule has 4 N–H and O–H groups in total. The minimum atomic E-state index is -0.729. The molecule has 3 fully saturated rings. The van der Waals surface area contributed by atoms with E-state index in [0.29, 0.717) is 53.6 Å². The van der Waals surface area contributed by atoms with Crippen molar-refractivity contribution < 1.29 is 19.7 Å². The van der Waals surface area contributed by atoms with Crippen molar-refractivity contribution in [3.05, 3.63) is 43.4 Å². The summed E-state index contributed by atoms with van der Waals surface area (Å²) in [7, 11) is 0. The van der Waals surface area contributed by atoms with Crippen LogP contribution in [0.2, 0.25) is 0 Å². The number of nitrogens with zero attached hydrogens (tertiary/aromatic N) is 3. The van der Waals surface area contributed by atoms with Gasteiger partial charge < -0.3 is 35.1 Å². The minimum absolute atomic E-state index is 0.0262. The Morgan fingerprint density at radius 1 is 1.11 bits per heavy atom. The molecule has 252 valence electrons.